The lowest BCUT2D eigenvalue weighted by Gasteiger charge is -2.45. The third kappa shape index (κ3) is 5.94. The monoisotopic (exact) mass is 479 g/mol. The van der Waals surface area contributed by atoms with E-state index in [0.717, 1.165) is 12.7 Å². The highest BCUT2D eigenvalue weighted by Gasteiger charge is 2.56. The molecule has 2 rings (SSSR count). The van der Waals surface area contributed by atoms with Crippen molar-refractivity contribution in [2.24, 2.45) is 5.41 Å². The van der Waals surface area contributed by atoms with Gasteiger partial charge in [0.1, 0.15) is 17.9 Å². The molecule has 2 N–H and O–H groups in total. The molecular formula is C26H39F2N3O3. The lowest BCUT2D eigenvalue weighted by Crippen LogP contribution is -2.66. The number of urea groups is 1. The second-order valence-corrected chi connectivity index (χ2v) is 10.3. The normalized spacial score (nSPS) is 22.4. The van der Waals surface area contributed by atoms with Crippen LogP contribution >= 0.6 is 0 Å². The van der Waals surface area contributed by atoms with E-state index >= 15 is 8.78 Å². The zero-order chi connectivity index (χ0) is 25.6. The Balaban J connectivity index is 2.33. The smallest absolute Gasteiger partial charge is 0.316 e. The number of aldehydes is 1. The molecule has 3 amide bonds. The van der Waals surface area contributed by atoms with Gasteiger partial charge in [0.2, 0.25) is 5.91 Å². The molecule has 8 heteroatoms. The number of alkyl halides is 2. The average molecular weight is 480 g/mol. The van der Waals surface area contributed by atoms with Crippen LogP contribution in [0, 0.1) is 5.41 Å². The molecule has 2 atom stereocenters. The largest absolute Gasteiger partial charge is 0.331 e. The van der Waals surface area contributed by atoms with Crippen LogP contribution in [-0.2, 0) is 9.59 Å². The SMILES string of the molecule is C=C/C=C(\C=C/C)C(F)(F)C1(NC(=O)NC(C(=O)N2CCCC2C=O)C(C)(C)C)CCCCC1. The average Bonchev–Trinajstić information content (AvgIpc) is 3.25. The van der Waals surface area contributed by atoms with Gasteiger partial charge in [-0.15, -0.1) is 0 Å². The van der Waals surface area contributed by atoms with Gasteiger partial charge in [-0.1, -0.05) is 70.9 Å². The van der Waals surface area contributed by atoms with Gasteiger partial charge in [0.25, 0.3) is 5.92 Å². The summed E-state index contributed by atoms with van der Waals surface area (Å²) in [6.07, 6.45) is 9.66. The number of hydrogen-bond donors (Lipinski definition) is 2. The maximum Gasteiger partial charge on any atom is 0.316 e. The molecule has 6 nitrogen and oxygen atoms in total. The first kappa shape index (κ1) is 27.7. The summed E-state index contributed by atoms with van der Waals surface area (Å²) < 4.78 is 31.8. The number of rotatable bonds is 8. The topological polar surface area (TPSA) is 78.5 Å². The van der Waals surface area contributed by atoms with Crippen molar-refractivity contribution in [1.82, 2.24) is 15.5 Å². The van der Waals surface area contributed by atoms with E-state index < -0.39 is 35.0 Å². The maximum absolute atomic E-state index is 15.9. The predicted molar refractivity (Wildman–Crippen MR) is 130 cm³/mol. The summed E-state index contributed by atoms with van der Waals surface area (Å²) in [4.78, 5) is 39.4. The Kier molecular flexibility index (Phi) is 9.20. The van der Waals surface area contributed by atoms with Crippen LogP contribution in [0.15, 0.2) is 36.5 Å². The summed E-state index contributed by atoms with van der Waals surface area (Å²) in [6.45, 7) is 11.0. The molecule has 34 heavy (non-hydrogen) atoms. The highest BCUT2D eigenvalue weighted by atomic mass is 19.3. The Morgan fingerprint density at radius 3 is 2.32 bits per heavy atom. The van der Waals surface area contributed by atoms with Gasteiger partial charge in [0.15, 0.2) is 0 Å². The molecule has 0 radical (unpaired) electrons. The van der Waals surface area contributed by atoms with Crippen molar-refractivity contribution < 1.29 is 23.2 Å². The van der Waals surface area contributed by atoms with Gasteiger partial charge in [0, 0.05) is 12.1 Å². The van der Waals surface area contributed by atoms with Gasteiger partial charge in [0.05, 0.1) is 6.04 Å². The molecular weight excluding hydrogens is 440 g/mol. The minimum Gasteiger partial charge on any atom is -0.331 e. The standard InChI is InChI=1S/C26H39F2N3O3/c1-6-12-19(13-7-2)26(27,28)25(15-9-8-10-16-25)30-23(34)29-21(24(3,4)5)22(33)31-17-11-14-20(31)18-32/h6-7,12-13,18,20-21H,1,8-11,14-17H2,2-5H3,(H2,29,30,34)/b13-7-,19-12+. The molecule has 1 aliphatic carbocycles. The molecule has 0 aromatic carbocycles. The number of carbonyl (C=O) groups is 3. The van der Waals surface area contributed by atoms with Crippen molar-refractivity contribution in [3.8, 4) is 0 Å². The van der Waals surface area contributed by atoms with Crippen molar-refractivity contribution in [3.05, 3.63) is 36.5 Å². The summed E-state index contributed by atoms with van der Waals surface area (Å²) >= 11 is 0. The van der Waals surface area contributed by atoms with Crippen molar-refractivity contribution in [2.45, 2.75) is 96.2 Å². The van der Waals surface area contributed by atoms with Gasteiger partial charge in [-0.2, -0.15) is 8.78 Å². The number of hydrogen-bond acceptors (Lipinski definition) is 3. The Morgan fingerprint density at radius 1 is 1.15 bits per heavy atom. The fourth-order valence-corrected chi connectivity index (χ4v) is 4.93. The molecule has 2 unspecified atom stereocenters. The third-order valence-electron chi connectivity index (χ3n) is 6.79. The van der Waals surface area contributed by atoms with Crippen LogP contribution in [0.5, 0.6) is 0 Å². The van der Waals surface area contributed by atoms with E-state index in [9.17, 15) is 14.4 Å². The second-order valence-electron chi connectivity index (χ2n) is 10.3. The van der Waals surface area contributed by atoms with Crippen molar-refractivity contribution >= 4 is 18.2 Å². The van der Waals surface area contributed by atoms with Crippen LogP contribution in [0.3, 0.4) is 0 Å². The lowest BCUT2D eigenvalue weighted by molar-refractivity contribution is -0.138. The quantitative estimate of drug-likeness (QED) is 0.383. The van der Waals surface area contributed by atoms with Crippen molar-refractivity contribution in [3.63, 3.8) is 0 Å². The van der Waals surface area contributed by atoms with E-state index in [4.69, 9.17) is 0 Å². The molecule has 1 saturated carbocycles. The number of carbonyl (C=O) groups excluding carboxylic acids is 3. The molecule has 0 aromatic heterocycles. The molecule has 0 aromatic rings. The van der Waals surface area contributed by atoms with Crippen LogP contribution in [0.25, 0.3) is 0 Å². The lowest BCUT2D eigenvalue weighted by atomic mass is 9.74. The van der Waals surface area contributed by atoms with E-state index in [1.165, 1.54) is 29.2 Å². The van der Waals surface area contributed by atoms with Crippen molar-refractivity contribution in [1.29, 1.82) is 0 Å². The number of nitrogens with zero attached hydrogens (tertiary/aromatic N) is 1. The number of amides is 3. The van der Waals surface area contributed by atoms with Gasteiger partial charge in [-0.25, -0.2) is 4.79 Å². The van der Waals surface area contributed by atoms with E-state index in [2.05, 4.69) is 17.2 Å². The molecule has 1 saturated heterocycles. The van der Waals surface area contributed by atoms with E-state index in [-0.39, 0.29) is 24.3 Å². The van der Waals surface area contributed by atoms with Crippen LogP contribution in [0.4, 0.5) is 13.6 Å². The number of likely N-dealkylation sites (tertiary alicyclic amines) is 1. The maximum atomic E-state index is 15.9. The van der Waals surface area contributed by atoms with E-state index in [1.807, 2.05) is 0 Å². The van der Waals surface area contributed by atoms with Gasteiger partial charge in [-0.05, 0) is 38.0 Å². The molecule has 0 spiro atoms. The number of nitrogens with one attached hydrogen (secondary N) is 2. The fraction of sp³-hybridized carbons (Fsp3) is 0.654. The van der Waals surface area contributed by atoms with Crippen LogP contribution in [0.2, 0.25) is 0 Å². The summed E-state index contributed by atoms with van der Waals surface area (Å²) in [7, 11) is 0. The molecule has 1 aliphatic heterocycles. The Labute approximate surface area is 201 Å². The molecule has 2 aliphatic rings. The summed E-state index contributed by atoms with van der Waals surface area (Å²) in [5.41, 5.74) is -2.69. The van der Waals surface area contributed by atoms with Gasteiger partial charge >= 0.3 is 6.03 Å². The van der Waals surface area contributed by atoms with Crippen LogP contribution in [-0.4, -0.2) is 53.2 Å². The van der Waals surface area contributed by atoms with Crippen LogP contribution in [0.1, 0.15) is 72.6 Å². The van der Waals surface area contributed by atoms with Crippen molar-refractivity contribution in [2.75, 3.05) is 6.54 Å². The first-order chi connectivity index (χ1) is 15.9. The molecule has 0 bridgehead atoms. The molecule has 190 valence electrons. The third-order valence-corrected chi connectivity index (χ3v) is 6.79. The zero-order valence-corrected chi connectivity index (χ0v) is 20.8. The first-order valence-electron chi connectivity index (χ1n) is 12.1. The van der Waals surface area contributed by atoms with Crippen LogP contribution < -0.4 is 10.6 Å². The Hall–Kier alpha value is -2.51. The zero-order valence-electron chi connectivity index (χ0n) is 20.8. The highest BCUT2D eigenvalue weighted by Crippen LogP contribution is 2.45. The van der Waals surface area contributed by atoms with Gasteiger partial charge in [-0.3, -0.25) is 4.79 Å². The summed E-state index contributed by atoms with van der Waals surface area (Å²) in [5, 5.41) is 5.27. The van der Waals surface area contributed by atoms with Gasteiger partial charge < -0.3 is 20.3 Å². The second kappa shape index (κ2) is 11.3. The predicted octanol–water partition coefficient (Wildman–Crippen LogP) is 4.92. The summed E-state index contributed by atoms with van der Waals surface area (Å²) in [5.74, 6) is -3.72. The first-order valence-corrected chi connectivity index (χ1v) is 12.1. The van der Waals surface area contributed by atoms with E-state index in [0.29, 0.717) is 32.2 Å². The highest BCUT2D eigenvalue weighted by molar-refractivity contribution is 5.90. The molecule has 2 fully saturated rings. The minimum absolute atomic E-state index is 0.118. The Morgan fingerprint density at radius 2 is 1.79 bits per heavy atom. The summed E-state index contributed by atoms with van der Waals surface area (Å²) in [6, 6.07) is -2.31. The van der Waals surface area contributed by atoms with E-state index in [1.54, 1.807) is 27.7 Å². The fourth-order valence-electron chi connectivity index (χ4n) is 4.93. The number of allylic oxidation sites excluding steroid dienone is 4. The minimum atomic E-state index is -3.34. The Bertz CT molecular complexity index is 824. The number of halogens is 2. The molecule has 1 heterocycles.